The molecule has 0 radical (unpaired) electrons. The van der Waals surface area contributed by atoms with Crippen LogP contribution in [0.2, 0.25) is 0 Å². The number of benzene rings is 2. The van der Waals surface area contributed by atoms with Gasteiger partial charge in [-0.2, -0.15) is 0 Å². The summed E-state index contributed by atoms with van der Waals surface area (Å²) in [7, 11) is 1.58. The van der Waals surface area contributed by atoms with Crippen LogP contribution in [0.25, 0.3) is 11.5 Å². The molecule has 1 aromatic heterocycles. The van der Waals surface area contributed by atoms with Gasteiger partial charge in [0.25, 0.3) is 5.91 Å². The minimum absolute atomic E-state index is 0.101. The van der Waals surface area contributed by atoms with Gasteiger partial charge in [-0.15, -0.1) is 10.2 Å². The van der Waals surface area contributed by atoms with Gasteiger partial charge in [0, 0.05) is 5.56 Å². The van der Waals surface area contributed by atoms with Gasteiger partial charge in [-0.05, 0) is 36.8 Å². The fraction of sp³-hybridized carbons (Fsp3) is 0.200. The monoisotopic (exact) mass is 378 g/mol. The standard InChI is InChI=1S/C20H18N4O4/c1-20(14-6-4-3-5-7-14)18(25)24(19(26)21-20)12-16-22-23-17(28-16)13-8-10-15(27-2)11-9-13/h3-11H,12H2,1-2H3,(H,21,26). The fourth-order valence-corrected chi connectivity index (χ4v) is 3.11. The van der Waals surface area contributed by atoms with Crippen LogP contribution in [-0.2, 0) is 16.9 Å². The first-order valence-electron chi connectivity index (χ1n) is 8.68. The lowest BCUT2D eigenvalue weighted by molar-refractivity contribution is -0.131. The number of amides is 3. The maximum absolute atomic E-state index is 12.9. The summed E-state index contributed by atoms with van der Waals surface area (Å²) in [6.45, 7) is 1.58. The smallest absolute Gasteiger partial charge is 0.325 e. The van der Waals surface area contributed by atoms with Crippen LogP contribution in [-0.4, -0.2) is 34.1 Å². The number of imide groups is 1. The van der Waals surface area contributed by atoms with Gasteiger partial charge < -0.3 is 14.5 Å². The Bertz CT molecular complexity index is 1020. The Labute approximate surface area is 161 Å². The summed E-state index contributed by atoms with van der Waals surface area (Å²) >= 11 is 0. The van der Waals surface area contributed by atoms with E-state index in [1.807, 2.05) is 18.2 Å². The Morgan fingerprint density at radius 1 is 1.07 bits per heavy atom. The normalized spacial score (nSPS) is 19.0. The predicted octanol–water partition coefficient (Wildman–Crippen LogP) is 2.71. The van der Waals surface area contributed by atoms with Crippen molar-refractivity contribution < 1.29 is 18.7 Å². The molecule has 0 spiro atoms. The zero-order chi connectivity index (χ0) is 19.7. The van der Waals surface area contributed by atoms with E-state index in [1.54, 1.807) is 50.4 Å². The number of methoxy groups -OCH3 is 1. The summed E-state index contributed by atoms with van der Waals surface area (Å²) in [5.74, 6) is 0.818. The highest BCUT2D eigenvalue weighted by molar-refractivity contribution is 6.07. The molecule has 3 amide bonds. The maximum atomic E-state index is 12.9. The predicted molar refractivity (Wildman–Crippen MR) is 99.2 cm³/mol. The van der Waals surface area contributed by atoms with Crippen LogP contribution in [0, 0.1) is 0 Å². The Kier molecular flexibility index (Phi) is 4.31. The van der Waals surface area contributed by atoms with Crippen LogP contribution < -0.4 is 10.1 Å². The molecule has 8 heteroatoms. The third-order valence-electron chi connectivity index (χ3n) is 4.72. The van der Waals surface area contributed by atoms with E-state index in [9.17, 15) is 9.59 Å². The van der Waals surface area contributed by atoms with E-state index in [-0.39, 0.29) is 18.3 Å². The number of ether oxygens (including phenoxy) is 1. The van der Waals surface area contributed by atoms with Crippen LogP contribution in [0.15, 0.2) is 59.0 Å². The zero-order valence-electron chi connectivity index (χ0n) is 15.4. The van der Waals surface area contributed by atoms with Crippen LogP contribution in [0.4, 0.5) is 4.79 Å². The fourth-order valence-electron chi connectivity index (χ4n) is 3.11. The first-order valence-corrected chi connectivity index (χ1v) is 8.68. The second-order valence-electron chi connectivity index (χ2n) is 6.54. The SMILES string of the molecule is COc1ccc(-c2nnc(CN3C(=O)NC(C)(c4ccccc4)C3=O)o2)cc1. The molecule has 142 valence electrons. The maximum Gasteiger partial charge on any atom is 0.325 e. The van der Waals surface area contributed by atoms with E-state index in [0.29, 0.717) is 22.8 Å². The number of nitrogens with one attached hydrogen (secondary N) is 1. The minimum Gasteiger partial charge on any atom is -0.497 e. The lowest BCUT2D eigenvalue weighted by atomic mass is 9.92. The lowest BCUT2D eigenvalue weighted by Gasteiger charge is -2.21. The van der Waals surface area contributed by atoms with Crippen LogP contribution in [0.1, 0.15) is 18.4 Å². The zero-order valence-corrected chi connectivity index (χ0v) is 15.4. The molecule has 8 nitrogen and oxygen atoms in total. The Morgan fingerprint density at radius 3 is 2.46 bits per heavy atom. The van der Waals surface area contributed by atoms with Gasteiger partial charge >= 0.3 is 6.03 Å². The summed E-state index contributed by atoms with van der Waals surface area (Å²) in [6, 6.07) is 15.7. The van der Waals surface area contributed by atoms with Gasteiger partial charge in [-0.3, -0.25) is 9.69 Å². The molecule has 1 aliphatic heterocycles. The summed E-state index contributed by atoms with van der Waals surface area (Å²) in [5.41, 5.74) is 0.295. The molecule has 0 aliphatic carbocycles. The van der Waals surface area contributed by atoms with Crippen molar-refractivity contribution in [1.82, 2.24) is 20.4 Å². The van der Waals surface area contributed by atoms with Gasteiger partial charge in [-0.25, -0.2) is 4.79 Å². The Balaban J connectivity index is 1.54. The number of hydrogen-bond donors (Lipinski definition) is 1. The molecular formula is C20H18N4O4. The third-order valence-corrected chi connectivity index (χ3v) is 4.72. The molecule has 4 rings (SSSR count). The highest BCUT2D eigenvalue weighted by Crippen LogP contribution is 2.30. The summed E-state index contributed by atoms with van der Waals surface area (Å²) in [6.07, 6.45) is 0. The number of urea groups is 1. The number of hydrogen-bond acceptors (Lipinski definition) is 6. The number of rotatable bonds is 5. The van der Waals surface area contributed by atoms with Gasteiger partial charge in [-0.1, -0.05) is 30.3 Å². The quantitative estimate of drug-likeness (QED) is 0.686. The minimum atomic E-state index is -1.13. The lowest BCUT2D eigenvalue weighted by Crippen LogP contribution is -2.40. The van der Waals surface area contributed by atoms with E-state index in [0.717, 1.165) is 4.90 Å². The highest BCUT2D eigenvalue weighted by atomic mass is 16.5. The second-order valence-corrected chi connectivity index (χ2v) is 6.54. The first-order chi connectivity index (χ1) is 13.5. The van der Waals surface area contributed by atoms with Crippen molar-refractivity contribution in [3.63, 3.8) is 0 Å². The van der Waals surface area contributed by atoms with Crippen molar-refractivity contribution in [2.24, 2.45) is 0 Å². The molecule has 1 fully saturated rings. The molecule has 0 bridgehead atoms. The summed E-state index contributed by atoms with van der Waals surface area (Å²) in [4.78, 5) is 26.4. The molecule has 1 aliphatic rings. The molecule has 0 saturated carbocycles. The van der Waals surface area contributed by atoms with E-state index >= 15 is 0 Å². The molecular weight excluding hydrogens is 360 g/mol. The molecule has 1 atom stereocenters. The van der Waals surface area contributed by atoms with Gasteiger partial charge in [0.2, 0.25) is 11.8 Å². The van der Waals surface area contributed by atoms with Crippen molar-refractivity contribution in [1.29, 1.82) is 0 Å². The number of carbonyl (C=O) groups is 2. The molecule has 1 N–H and O–H groups in total. The molecule has 2 heterocycles. The summed E-state index contributed by atoms with van der Waals surface area (Å²) < 4.78 is 10.8. The van der Waals surface area contributed by atoms with E-state index in [2.05, 4.69) is 15.5 Å². The molecule has 28 heavy (non-hydrogen) atoms. The van der Waals surface area contributed by atoms with E-state index < -0.39 is 11.6 Å². The number of nitrogens with zero attached hydrogens (tertiary/aromatic N) is 3. The second kappa shape index (κ2) is 6.80. The van der Waals surface area contributed by atoms with Gasteiger partial charge in [0.15, 0.2) is 0 Å². The third kappa shape index (κ3) is 2.98. The Hall–Kier alpha value is -3.68. The van der Waals surface area contributed by atoms with E-state index in [1.165, 1.54) is 0 Å². The van der Waals surface area contributed by atoms with Crippen LogP contribution >= 0.6 is 0 Å². The van der Waals surface area contributed by atoms with Gasteiger partial charge in [0.1, 0.15) is 17.8 Å². The average Bonchev–Trinajstić information content (AvgIpc) is 3.28. The molecule has 2 aromatic carbocycles. The Morgan fingerprint density at radius 2 is 1.79 bits per heavy atom. The topological polar surface area (TPSA) is 97.6 Å². The van der Waals surface area contributed by atoms with Crippen LogP contribution in [0.5, 0.6) is 5.75 Å². The van der Waals surface area contributed by atoms with Crippen molar-refractivity contribution in [3.8, 4) is 17.2 Å². The summed E-state index contributed by atoms with van der Waals surface area (Å²) in [5, 5.41) is 10.7. The number of carbonyl (C=O) groups excluding carboxylic acids is 2. The largest absolute Gasteiger partial charge is 0.497 e. The van der Waals surface area contributed by atoms with Gasteiger partial charge in [0.05, 0.1) is 7.11 Å². The number of aromatic nitrogens is 2. The average molecular weight is 378 g/mol. The molecule has 1 saturated heterocycles. The highest BCUT2D eigenvalue weighted by Gasteiger charge is 2.49. The van der Waals surface area contributed by atoms with Crippen molar-refractivity contribution in [2.75, 3.05) is 7.11 Å². The first kappa shape index (κ1) is 17.7. The van der Waals surface area contributed by atoms with Crippen LogP contribution in [0.3, 0.4) is 0 Å². The molecule has 3 aromatic rings. The van der Waals surface area contributed by atoms with Crippen molar-refractivity contribution in [3.05, 3.63) is 66.1 Å². The molecule has 1 unspecified atom stereocenters. The van der Waals surface area contributed by atoms with E-state index in [4.69, 9.17) is 9.15 Å². The van der Waals surface area contributed by atoms with Crippen molar-refractivity contribution >= 4 is 11.9 Å². The van der Waals surface area contributed by atoms with Crippen molar-refractivity contribution in [2.45, 2.75) is 19.0 Å².